The first-order chi connectivity index (χ1) is 19.3. The van der Waals surface area contributed by atoms with Crippen molar-refractivity contribution in [3.8, 4) is 6.07 Å². The summed E-state index contributed by atoms with van der Waals surface area (Å²) >= 11 is 3.52. The molecule has 1 atom stereocenters. The summed E-state index contributed by atoms with van der Waals surface area (Å²) < 4.78 is 0.814. The molecule has 0 fully saturated rings. The van der Waals surface area contributed by atoms with Gasteiger partial charge >= 0.3 is 0 Å². The van der Waals surface area contributed by atoms with E-state index in [1.54, 1.807) is 13.3 Å². The number of halogens is 1. The van der Waals surface area contributed by atoms with E-state index in [0.717, 1.165) is 72.5 Å². The number of hydrogen-bond acceptors (Lipinski definition) is 6. The molecule has 224 valence electrons. The molecule has 0 aliphatic heterocycles. The second-order valence-electron chi connectivity index (χ2n) is 9.19. The van der Waals surface area contributed by atoms with E-state index in [2.05, 4.69) is 70.3 Å². The molecule has 0 bridgehead atoms. The molecule has 1 unspecified atom stereocenters. The molecule has 0 aliphatic carbocycles. The molecule has 0 heterocycles. The van der Waals surface area contributed by atoms with E-state index in [0.29, 0.717) is 11.5 Å². The highest BCUT2D eigenvalue weighted by atomic mass is 79.9. The van der Waals surface area contributed by atoms with Gasteiger partial charge in [-0.25, -0.2) is 0 Å². The van der Waals surface area contributed by atoms with Gasteiger partial charge in [-0.15, -0.1) is 0 Å². The van der Waals surface area contributed by atoms with Crippen LogP contribution in [0.15, 0.2) is 79.5 Å². The third-order valence-corrected chi connectivity index (χ3v) is 6.66. The molecule has 7 heteroatoms. The minimum atomic E-state index is -0.0589. The molecule has 0 saturated carbocycles. The summed E-state index contributed by atoms with van der Waals surface area (Å²) in [6.45, 7) is 16.9. The van der Waals surface area contributed by atoms with Crippen LogP contribution in [0.1, 0.15) is 74.1 Å². The molecule has 0 aromatic rings. The van der Waals surface area contributed by atoms with Crippen molar-refractivity contribution in [2.75, 3.05) is 40.3 Å². The zero-order valence-electron chi connectivity index (χ0n) is 26.5. The fourth-order valence-electron chi connectivity index (χ4n) is 3.43. The largest absolute Gasteiger partial charge is 0.392 e. The monoisotopic (exact) mass is 615 g/mol. The Balaban J connectivity index is 0. The first-order valence-electron chi connectivity index (χ1n) is 14.4. The number of nitriles is 1. The van der Waals surface area contributed by atoms with Gasteiger partial charge in [0, 0.05) is 32.0 Å². The Bertz CT molecular complexity index is 977. The SMILES string of the molecule is CC.C\C=C/C(C#N)=C\C=C\CN(C)CCC(CC)CN/C(C)=C/C(=N\C(C)=C(/Br)C=NC)C(=C/CCC)/CO. The average molecular weight is 617 g/mol. The third kappa shape index (κ3) is 19.5. The maximum absolute atomic E-state index is 10.0. The van der Waals surface area contributed by atoms with Gasteiger partial charge in [0.1, 0.15) is 0 Å². The Kier molecular flexibility index (Phi) is 26.4. The van der Waals surface area contributed by atoms with E-state index < -0.39 is 0 Å². The van der Waals surface area contributed by atoms with E-state index in [1.807, 2.05) is 65.0 Å². The lowest BCUT2D eigenvalue weighted by Crippen LogP contribution is -2.27. The van der Waals surface area contributed by atoms with E-state index in [-0.39, 0.29) is 6.61 Å². The summed E-state index contributed by atoms with van der Waals surface area (Å²) in [4.78, 5) is 11.1. The lowest BCUT2D eigenvalue weighted by Gasteiger charge is -2.21. The summed E-state index contributed by atoms with van der Waals surface area (Å²) in [5, 5.41) is 22.7. The lowest BCUT2D eigenvalue weighted by atomic mass is 10.0. The summed E-state index contributed by atoms with van der Waals surface area (Å²) in [7, 11) is 3.84. The molecular formula is C33H54BrN5O. The van der Waals surface area contributed by atoms with Crippen molar-refractivity contribution < 1.29 is 5.11 Å². The fourth-order valence-corrected chi connectivity index (χ4v) is 3.73. The van der Waals surface area contributed by atoms with Crippen LogP contribution in [0.2, 0.25) is 0 Å². The van der Waals surface area contributed by atoms with Crippen LogP contribution in [0.4, 0.5) is 0 Å². The summed E-state index contributed by atoms with van der Waals surface area (Å²) in [6, 6.07) is 2.18. The smallest absolute Gasteiger partial charge is 0.0991 e. The van der Waals surface area contributed by atoms with Gasteiger partial charge in [-0.1, -0.05) is 64.8 Å². The molecule has 0 aromatic heterocycles. The predicted octanol–water partition coefficient (Wildman–Crippen LogP) is 7.92. The van der Waals surface area contributed by atoms with Crippen molar-refractivity contribution in [3.63, 3.8) is 0 Å². The van der Waals surface area contributed by atoms with Gasteiger partial charge in [0.05, 0.1) is 34.1 Å². The highest BCUT2D eigenvalue weighted by Crippen LogP contribution is 2.15. The molecule has 0 radical (unpaired) electrons. The molecule has 40 heavy (non-hydrogen) atoms. The van der Waals surface area contributed by atoms with Crippen molar-refractivity contribution in [1.29, 1.82) is 5.26 Å². The third-order valence-electron chi connectivity index (χ3n) is 5.88. The van der Waals surface area contributed by atoms with Crippen LogP contribution in [0.3, 0.4) is 0 Å². The molecule has 0 aromatic carbocycles. The molecule has 0 saturated heterocycles. The van der Waals surface area contributed by atoms with Crippen LogP contribution in [0.25, 0.3) is 0 Å². The van der Waals surface area contributed by atoms with Gasteiger partial charge in [-0.3, -0.25) is 9.98 Å². The zero-order chi connectivity index (χ0) is 30.8. The van der Waals surface area contributed by atoms with Gasteiger partial charge in [0.25, 0.3) is 0 Å². The van der Waals surface area contributed by atoms with Crippen molar-refractivity contribution in [1.82, 2.24) is 10.2 Å². The van der Waals surface area contributed by atoms with Crippen LogP contribution >= 0.6 is 15.9 Å². The number of unbranched alkanes of at least 4 members (excludes halogenated alkanes) is 1. The highest BCUT2D eigenvalue weighted by molar-refractivity contribution is 9.12. The number of nitrogens with zero attached hydrogens (tertiary/aromatic N) is 4. The summed E-state index contributed by atoms with van der Waals surface area (Å²) in [5.41, 5.74) is 4.05. The van der Waals surface area contributed by atoms with Crippen LogP contribution < -0.4 is 5.32 Å². The molecular weight excluding hydrogens is 562 g/mol. The first-order valence-corrected chi connectivity index (χ1v) is 15.2. The molecule has 0 amide bonds. The number of nitrogens with one attached hydrogen (secondary N) is 1. The molecule has 0 aliphatic rings. The Morgan fingerprint density at radius 2 is 1.93 bits per heavy atom. The van der Waals surface area contributed by atoms with Crippen molar-refractivity contribution in [3.05, 3.63) is 69.6 Å². The van der Waals surface area contributed by atoms with Gasteiger partial charge in [0.15, 0.2) is 0 Å². The molecule has 2 N–H and O–H groups in total. The van der Waals surface area contributed by atoms with Gasteiger partial charge in [-0.2, -0.15) is 5.26 Å². The molecule has 0 rings (SSSR count). The Morgan fingerprint density at radius 3 is 2.48 bits per heavy atom. The number of aliphatic hydroxyl groups is 1. The Hall–Kier alpha value is -2.53. The number of hydrogen-bond donors (Lipinski definition) is 2. The van der Waals surface area contributed by atoms with Crippen molar-refractivity contribution in [2.24, 2.45) is 15.9 Å². The molecule has 6 nitrogen and oxygen atoms in total. The number of aliphatic hydroxyl groups excluding tert-OH is 1. The summed E-state index contributed by atoms with van der Waals surface area (Å²) in [5.74, 6) is 0.537. The van der Waals surface area contributed by atoms with Crippen molar-refractivity contribution >= 4 is 27.9 Å². The quantitative estimate of drug-likeness (QED) is 0.0931. The number of aliphatic imine (C=N–C) groups is 2. The normalized spacial score (nSPS) is 15.0. The lowest BCUT2D eigenvalue weighted by molar-refractivity contribution is 0.318. The van der Waals surface area contributed by atoms with E-state index in [9.17, 15) is 5.11 Å². The first kappa shape index (κ1) is 39.6. The van der Waals surface area contributed by atoms with Crippen LogP contribution in [-0.2, 0) is 0 Å². The Morgan fingerprint density at radius 1 is 1.23 bits per heavy atom. The maximum atomic E-state index is 10.0. The highest BCUT2D eigenvalue weighted by Gasteiger charge is 2.10. The van der Waals surface area contributed by atoms with Gasteiger partial charge < -0.3 is 15.3 Å². The van der Waals surface area contributed by atoms with E-state index in [1.165, 1.54) is 0 Å². The zero-order valence-corrected chi connectivity index (χ0v) is 28.1. The fraction of sp³-hybridized carbons (Fsp3) is 0.545. The van der Waals surface area contributed by atoms with Crippen LogP contribution in [-0.4, -0.2) is 62.3 Å². The number of likely N-dealkylation sites (N-methyl/N-ethyl adjacent to an activating group) is 1. The van der Waals surface area contributed by atoms with Crippen LogP contribution in [0.5, 0.6) is 0 Å². The van der Waals surface area contributed by atoms with Crippen LogP contribution in [0, 0.1) is 17.2 Å². The Labute approximate surface area is 253 Å². The minimum absolute atomic E-state index is 0.0589. The second-order valence-corrected chi connectivity index (χ2v) is 10.0. The van der Waals surface area contributed by atoms with Crippen molar-refractivity contribution in [2.45, 2.75) is 74.1 Å². The van der Waals surface area contributed by atoms with E-state index in [4.69, 9.17) is 10.3 Å². The number of allylic oxidation sites excluding steroid dienone is 10. The summed E-state index contributed by atoms with van der Waals surface area (Å²) in [6.07, 6.45) is 19.4. The standard InChI is InChI=1S/C31H48BrN5O.C2H6/c1-8-11-16-29(24-38)31(36-26(5)30(32)23-34-6)20-25(4)35-22-27(10-3)17-19-37(7)18-13-12-15-28(21-33)14-9-2;1-2/h9,12-16,20,23,27,35,38H,8,10-11,17-19,22,24H2,1-7H3;1-2H3/b13-12+,14-9-,25-20+,28-15+,29-16+,30-26-,34-23?,36-31+;. The minimum Gasteiger partial charge on any atom is -0.392 e. The molecule has 0 spiro atoms. The maximum Gasteiger partial charge on any atom is 0.0991 e. The topological polar surface area (TPSA) is 84.0 Å². The number of rotatable bonds is 18. The van der Waals surface area contributed by atoms with Gasteiger partial charge in [0.2, 0.25) is 0 Å². The predicted molar refractivity (Wildman–Crippen MR) is 180 cm³/mol. The van der Waals surface area contributed by atoms with E-state index >= 15 is 0 Å². The van der Waals surface area contributed by atoms with Gasteiger partial charge in [-0.05, 0) is 92.9 Å². The second kappa shape index (κ2) is 26.7. The average Bonchev–Trinajstić information content (AvgIpc) is 2.96.